The lowest BCUT2D eigenvalue weighted by molar-refractivity contribution is 0.102. The molecule has 2 aromatic carbocycles. The molecule has 23 heavy (non-hydrogen) atoms. The zero-order chi connectivity index (χ0) is 16.1. The van der Waals surface area contributed by atoms with Gasteiger partial charge in [-0.1, -0.05) is 53.9 Å². The van der Waals surface area contributed by atoms with Crippen LogP contribution in [0.4, 0.5) is 5.69 Å². The van der Waals surface area contributed by atoms with Crippen molar-refractivity contribution in [3.63, 3.8) is 0 Å². The Morgan fingerprint density at radius 3 is 2.78 bits per heavy atom. The Morgan fingerprint density at radius 2 is 2.04 bits per heavy atom. The summed E-state index contributed by atoms with van der Waals surface area (Å²) in [6.45, 7) is 3.09. The van der Waals surface area contributed by atoms with Gasteiger partial charge >= 0.3 is 0 Å². The highest BCUT2D eigenvalue weighted by Crippen LogP contribution is 2.35. The molecule has 1 heterocycles. The molecule has 5 heteroatoms. The van der Waals surface area contributed by atoms with E-state index in [0.29, 0.717) is 10.8 Å². The molecular formula is C18H18N2OS2. The van der Waals surface area contributed by atoms with E-state index >= 15 is 0 Å². The van der Waals surface area contributed by atoms with Crippen molar-refractivity contribution in [2.24, 2.45) is 4.99 Å². The number of hydrogen-bond donors (Lipinski definition) is 1. The van der Waals surface area contributed by atoms with E-state index in [9.17, 15) is 4.79 Å². The standard InChI is InChI=1S/C18H18N2OS2/c1-13(23-18-19-10-11-22-18)15-8-5-9-16(12-15)20-17(21)14-6-3-2-4-7-14/h2-9,12-13H,10-11H2,1H3,(H,20,21)/t13-/m0/s1. The molecule has 0 fully saturated rings. The van der Waals surface area contributed by atoms with Gasteiger partial charge < -0.3 is 5.32 Å². The predicted molar refractivity (Wildman–Crippen MR) is 102 cm³/mol. The van der Waals surface area contributed by atoms with Crippen LogP contribution in [0.3, 0.4) is 0 Å². The summed E-state index contributed by atoms with van der Waals surface area (Å²) in [5.74, 6) is 1.00. The Labute approximate surface area is 145 Å². The highest BCUT2D eigenvalue weighted by molar-refractivity contribution is 8.39. The smallest absolute Gasteiger partial charge is 0.255 e. The summed E-state index contributed by atoms with van der Waals surface area (Å²) in [7, 11) is 0. The minimum Gasteiger partial charge on any atom is -0.322 e. The Kier molecular flexibility index (Phi) is 5.41. The van der Waals surface area contributed by atoms with Crippen LogP contribution in [-0.4, -0.2) is 22.6 Å². The second-order valence-electron chi connectivity index (χ2n) is 5.20. The molecule has 2 aromatic rings. The van der Waals surface area contributed by atoms with Crippen molar-refractivity contribution in [3.8, 4) is 0 Å². The van der Waals surface area contributed by atoms with Gasteiger partial charge in [0.15, 0.2) is 0 Å². The van der Waals surface area contributed by atoms with Gasteiger partial charge in [0.25, 0.3) is 5.91 Å². The summed E-state index contributed by atoms with van der Waals surface area (Å²) >= 11 is 3.61. The minimum absolute atomic E-state index is 0.0845. The van der Waals surface area contributed by atoms with Crippen LogP contribution in [0.1, 0.15) is 28.1 Å². The Bertz CT molecular complexity index is 716. The Hall–Kier alpha value is -1.72. The molecule has 0 radical (unpaired) electrons. The summed E-state index contributed by atoms with van der Waals surface area (Å²) in [5, 5.41) is 3.28. The van der Waals surface area contributed by atoms with E-state index in [1.165, 1.54) is 5.56 Å². The summed E-state index contributed by atoms with van der Waals surface area (Å²) in [6, 6.07) is 17.3. The number of rotatable bonds is 4. The maximum atomic E-state index is 12.2. The number of benzene rings is 2. The largest absolute Gasteiger partial charge is 0.322 e. The first-order chi connectivity index (χ1) is 11.2. The van der Waals surface area contributed by atoms with Crippen LogP contribution in [0, 0.1) is 0 Å². The molecule has 0 aliphatic carbocycles. The molecule has 0 spiro atoms. The number of thioether (sulfide) groups is 2. The average molecular weight is 342 g/mol. The average Bonchev–Trinajstić information content (AvgIpc) is 3.09. The second kappa shape index (κ2) is 7.70. The van der Waals surface area contributed by atoms with Gasteiger partial charge in [0, 0.05) is 22.3 Å². The quantitative estimate of drug-likeness (QED) is 0.865. The van der Waals surface area contributed by atoms with Gasteiger partial charge in [-0.3, -0.25) is 9.79 Å². The van der Waals surface area contributed by atoms with Crippen LogP contribution in [-0.2, 0) is 0 Å². The molecule has 0 saturated heterocycles. The summed E-state index contributed by atoms with van der Waals surface area (Å²) in [4.78, 5) is 16.7. The van der Waals surface area contributed by atoms with Gasteiger partial charge in [-0.15, -0.1) is 0 Å². The van der Waals surface area contributed by atoms with Crippen LogP contribution in [0.25, 0.3) is 0 Å². The molecule has 1 N–H and O–H groups in total. The molecule has 3 nitrogen and oxygen atoms in total. The molecule has 1 aliphatic rings. The monoisotopic (exact) mass is 342 g/mol. The summed E-state index contributed by atoms with van der Waals surface area (Å²) < 4.78 is 1.16. The maximum absolute atomic E-state index is 12.2. The van der Waals surface area contributed by atoms with Gasteiger partial charge in [0.2, 0.25) is 0 Å². The van der Waals surface area contributed by atoms with Gasteiger partial charge in [-0.05, 0) is 36.8 Å². The van der Waals surface area contributed by atoms with Crippen molar-refractivity contribution >= 4 is 39.5 Å². The van der Waals surface area contributed by atoms with E-state index < -0.39 is 0 Å². The van der Waals surface area contributed by atoms with Crippen LogP contribution >= 0.6 is 23.5 Å². The number of nitrogens with zero attached hydrogens (tertiary/aromatic N) is 1. The van der Waals surface area contributed by atoms with Gasteiger partial charge in [0.1, 0.15) is 4.38 Å². The number of carbonyl (C=O) groups excluding carboxylic acids is 1. The number of carbonyl (C=O) groups is 1. The summed E-state index contributed by atoms with van der Waals surface area (Å²) in [5.41, 5.74) is 2.68. The van der Waals surface area contributed by atoms with E-state index in [0.717, 1.165) is 22.4 Å². The molecule has 0 saturated carbocycles. The van der Waals surface area contributed by atoms with E-state index in [-0.39, 0.29) is 5.91 Å². The highest BCUT2D eigenvalue weighted by atomic mass is 32.2. The fraction of sp³-hybridized carbons (Fsp3) is 0.222. The lowest BCUT2D eigenvalue weighted by atomic mass is 10.1. The second-order valence-corrected chi connectivity index (χ2v) is 7.87. The van der Waals surface area contributed by atoms with Crippen molar-refractivity contribution in [2.75, 3.05) is 17.6 Å². The first-order valence-electron chi connectivity index (χ1n) is 7.52. The minimum atomic E-state index is -0.0845. The molecule has 3 rings (SSSR count). The van der Waals surface area contributed by atoms with E-state index in [4.69, 9.17) is 0 Å². The van der Waals surface area contributed by atoms with Crippen LogP contribution in [0.2, 0.25) is 0 Å². The maximum Gasteiger partial charge on any atom is 0.255 e. The lowest BCUT2D eigenvalue weighted by Crippen LogP contribution is -2.11. The fourth-order valence-electron chi connectivity index (χ4n) is 2.27. The molecule has 0 unspecified atom stereocenters. The predicted octanol–water partition coefficient (Wildman–Crippen LogP) is 4.84. The number of hydrogen-bond acceptors (Lipinski definition) is 4. The first kappa shape index (κ1) is 16.1. The molecule has 0 bridgehead atoms. The summed E-state index contributed by atoms with van der Waals surface area (Å²) in [6.07, 6.45) is 0. The third-order valence-corrected chi connectivity index (χ3v) is 5.85. The number of nitrogens with one attached hydrogen (secondary N) is 1. The van der Waals surface area contributed by atoms with E-state index in [1.54, 1.807) is 11.8 Å². The molecule has 0 aromatic heterocycles. The van der Waals surface area contributed by atoms with Crippen molar-refractivity contribution in [1.29, 1.82) is 0 Å². The van der Waals surface area contributed by atoms with Gasteiger partial charge in [-0.25, -0.2) is 0 Å². The zero-order valence-corrected chi connectivity index (χ0v) is 14.5. The third-order valence-electron chi connectivity index (χ3n) is 3.49. The normalized spacial score (nSPS) is 15.1. The fourth-order valence-corrected chi connectivity index (χ4v) is 4.51. The van der Waals surface area contributed by atoms with Crippen molar-refractivity contribution in [3.05, 3.63) is 65.7 Å². The number of anilines is 1. The Morgan fingerprint density at radius 1 is 1.22 bits per heavy atom. The topological polar surface area (TPSA) is 41.5 Å². The first-order valence-corrected chi connectivity index (χ1v) is 9.39. The Balaban J connectivity index is 1.68. The van der Waals surface area contributed by atoms with E-state index in [1.807, 2.05) is 60.3 Å². The highest BCUT2D eigenvalue weighted by Gasteiger charge is 2.14. The SMILES string of the molecule is C[C@H](SC1=NCCS1)c1cccc(NC(=O)c2ccccc2)c1. The van der Waals surface area contributed by atoms with Crippen molar-refractivity contribution in [1.82, 2.24) is 0 Å². The molecule has 1 aliphatic heterocycles. The number of amides is 1. The molecule has 1 atom stereocenters. The number of aliphatic imine (C=N–C) groups is 1. The lowest BCUT2D eigenvalue weighted by Gasteiger charge is -2.13. The molecular weight excluding hydrogens is 324 g/mol. The van der Waals surface area contributed by atoms with Crippen molar-refractivity contribution in [2.45, 2.75) is 12.2 Å². The van der Waals surface area contributed by atoms with Gasteiger partial charge in [-0.2, -0.15) is 0 Å². The molecule has 1 amide bonds. The molecule has 118 valence electrons. The third kappa shape index (κ3) is 4.39. The van der Waals surface area contributed by atoms with Crippen LogP contribution < -0.4 is 5.32 Å². The van der Waals surface area contributed by atoms with Crippen LogP contribution in [0.15, 0.2) is 59.6 Å². The van der Waals surface area contributed by atoms with Crippen LogP contribution in [0.5, 0.6) is 0 Å². The van der Waals surface area contributed by atoms with Crippen molar-refractivity contribution < 1.29 is 4.79 Å². The van der Waals surface area contributed by atoms with E-state index in [2.05, 4.69) is 23.3 Å². The zero-order valence-electron chi connectivity index (χ0n) is 12.9. The van der Waals surface area contributed by atoms with Gasteiger partial charge in [0.05, 0.1) is 6.54 Å².